The predicted molar refractivity (Wildman–Crippen MR) is 119 cm³/mol. The average Bonchev–Trinajstić information content (AvgIpc) is 3.24. The van der Waals surface area contributed by atoms with Crippen LogP contribution >= 0.6 is 46.1 Å². The third kappa shape index (κ3) is 5.73. The van der Waals surface area contributed by atoms with Gasteiger partial charge in [0.15, 0.2) is 0 Å². The molecule has 1 fully saturated rings. The Morgan fingerprint density at radius 1 is 1.34 bits per heavy atom. The van der Waals surface area contributed by atoms with Crippen LogP contribution in [0, 0.1) is 18.4 Å². The number of carboxylic acids is 1. The number of thiophene rings is 1. The maximum atomic E-state index is 11.0. The van der Waals surface area contributed by atoms with Crippen LogP contribution in [-0.2, 0) is 6.42 Å². The Balaban J connectivity index is 1.67. The van der Waals surface area contributed by atoms with Crippen molar-refractivity contribution in [1.82, 2.24) is 4.98 Å². The molecule has 0 spiro atoms. The second kappa shape index (κ2) is 9.95. The van der Waals surface area contributed by atoms with Crippen LogP contribution in [0.3, 0.4) is 0 Å². The number of rotatable bonds is 7. The van der Waals surface area contributed by atoms with Crippen molar-refractivity contribution in [2.45, 2.75) is 37.1 Å². The van der Waals surface area contributed by atoms with Gasteiger partial charge in [0, 0.05) is 16.7 Å². The molecule has 2 aromatic heterocycles. The highest BCUT2D eigenvalue weighted by Gasteiger charge is 2.44. The van der Waals surface area contributed by atoms with E-state index in [4.69, 9.17) is 46.5 Å². The van der Waals surface area contributed by atoms with Crippen molar-refractivity contribution in [2.75, 3.05) is 0 Å². The van der Waals surface area contributed by atoms with Crippen LogP contribution in [0.2, 0.25) is 10.3 Å². The fourth-order valence-electron chi connectivity index (χ4n) is 3.81. The van der Waals surface area contributed by atoms with Gasteiger partial charge in [-0.2, -0.15) is 0 Å². The Hall–Kier alpha value is -1.58. The summed E-state index contributed by atoms with van der Waals surface area (Å²) in [5.41, 5.74) is 0.843. The molecule has 4 nitrogen and oxygen atoms in total. The van der Waals surface area contributed by atoms with E-state index in [2.05, 4.69) is 9.83 Å². The number of hydrogen-bond donors (Lipinski definition) is 1. The van der Waals surface area contributed by atoms with E-state index in [1.165, 1.54) is 11.3 Å². The molecule has 1 aliphatic rings. The molecule has 4 atom stereocenters. The zero-order chi connectivity index (χ0) is 21.0. The van der Waals surface area contributed by atoms with Crippen molar-refractivity contribution < 1.29 is 9.90 Å². The first-order valence-corrected chi connectivity index (χ1v) is 11.2. The number of aryl methyl sites for hydroxylation is 1. The predicted octanol–water partition coefficient (Wildman–Crippen LogP) is 6.72. The molecule has 29 heavy (non-hydrogen) atoms. The number of alkyl halides is 1. The Morgan fingerprint density at radius 3 is 2.69 bits per heavy atom. The summed E-state index contributed by atoms with van der Waals surface area (Å²) in [5, 5.41) is 9.65. The maximum Gasteiger partial charge on any atom is 0.345 e. The van der Waals surface area contributed by atoms with Gasteiger partial charge in [-0.05, 0) is 55.0 Å². The first kappa shape index (κ1) is 22.1. The van der Waals surface area contributed by atoms with E-state index in [1.807, 2.05) is 18.2 Å². The molecule has 0 saturated heterocycles. The van der Waals surface area contributed by atoms with E-state index in [-0.39, 0.29) is 23.3 Å². The van der Waals surface area contributed by atoms with Gasteiger partial charge >= 0.3 is 5.97 Å². The molecule has 8 heteroatoms. The van der Waals surface area contributed by atoms with E-state index in [0.29, 0.717) is 21.6 Å². The number of hydrogen-bond acceptors (Lipinski definition) is 3. The van der Waals surface area contributed by atoms with Gasteiger partial charge in [-0.25, -0.2) is 16.4 Å². The molecule has 1 N–H and O–H groups in total. The highest BCUT2D eigenvalue weighted by Crippen LogP contribution is 2.42. The molecule has 0 aliphatic heterocycles. The lowest BCUT2D eigenvalue weighted by atomic mass is 9.88. The van der Waals surface area contributed by atoms with Crippen molar-refractivity contribution in [3.63, 3.8) is 0 Å². The van der Waals surface area contributed by atoms with Crippen LogP contribution in [0.5, 0.6) is 0 Å². The van der Waals surface area contributed by atoms with Crippen LogP contribution in [-0.4, -0.2) is 27.5 Å². The quantitative estimate of drug-likeness (QED) is 0.278. The SMILES string of the molecule is [C-]#[N+][C@@H]1C[C@@H](Cl)[C@H](CCCc2ccc(C(=O)O)s2)[C@H]1/C=C/c1cc(Cl)nc(Cl)c1. The Morgan fingerprint density at radius 2 is 2.07 bits per heavy atom. The Bertz CT molecular complexity index is 933. The molecule has 1 saturated carbocycles. The fourth-order valence-corrected chi connectivity index (χ4v) is 5.66. The lowest BCUT2D eigenvalue weighted by Gasteiger charge is -2.18. The lowest BCUT2D eigenvalue weighted by molar-refractivity contribution is 0.0702. The second-order valence-electron chi connectivity index (χ2n) is 7.06. The first-order valence-electron chi connectivity index (χ1n) is 9.21. The van der Waals surface area contributed by atoms with Crippen LogP contribution in [0.4, 0.5) is 0 Å². The topological polar surface area (TPSA) is 54.5 Å². The zero-order valence-electron chi connectivity index (χ0n) is 15.4. The number of aromatic nitrogens is 1. The summed E-state index contributed by atoms with van der Waals surface area (Å²) in [6, 6.07) is 6.84. The molecule has 0 unspecified atom stereocenters. The van der Waals surface area contributed by atoms with Crippen molar-refractivity contribution >= 4 is 58.2 Å². The number of carbonyl (C=O) groups is 1. The van der Waals surface area contributed by atoms with Gasteiger partial charge in [0.25, 0.3) is 0 Å². The van der Waals surface area contributed by atoms with Gasteiger partial charge in [-0.1, -0.05) is 35.4 Å². The average molecular weight is 470 g/mol. The number of nitrogens with zero attached hydrogens (tertiary/aromatic N) is 2. The van der Waals surface area contributed by atoms with E-state index >= 15 is 0 Å². The van der Waals surface area contributed by atoms with Gasteiger partial charge in [-0.15, -0.1) is 22.9 Å². The van der Waals surface area contributed by atoms with Gasteiger partial charge in [-0.3, -0.25) is 0 Å². The molecule has 2 aromatic rings. The molecular formula is C21H19Cl3N2O2S. The number of aromatic carboxylic acids is 1. The summed E-state index contributed by atoms with van der Waals surface area (Å²) >= 11 is 19.8. The van der Waals surface area contributed by atoms with Crippen molar-refractivity contribution in [2.24, 2.45) is 11.8 Å². The van der Waals surface area contributed by atoms with Crippen molar-refractivity contribution in [3.05, 3.63) is 67.4 Å². The van der Waals surface area contributed by atoms with Crippen LogP contribution in [0.1, 0.15) is 39.4 Å². The van der Waals surface area contributed by atoms with Gasteiger partial charge in [0.05, 0.1) is 5.92 Å². The number of carboxylic acid groups (broad SMARTS) is 1. The van der Waals surface area contributed by atoms with E-state index in [0.717, 1.165) is 29.7 Å². The first-order chi connectivity index (χ1) is 13.9. The molecular weight excluding hydrogens is 451 g/mol. The molecule has 0 amide bonds. The standard InChI is InChI=1S/C21H19Cl3N2O2S/c1-25-17-11-16(22)14(4-2-3-13-6-8-18(29-13)21(27)28)15(17)7-5-12-9-19(23)26-20(24)10-12/h5-10,14-17H,2-4,11H2,(H,27,28)/b7-5+/t14-,15-,16-,17-/m1/s1. The summed E-state index contributed by atoms with van der Waals surface area (Å²) in [6.45, 7) is 7.54. The Labute approximate surface area is 189 Å². The van der Waals surface area contributed by atoms with Crippen LogP contribution < -0.4 is 0 Å². The Kier molecular flexibility index (Phi) is 7.59. The van der Waals surface area contributed by atoms with Gasteiger partial charge in [0.2, 0.25) is 6.04 Å². The minimum absolute atomic E-state index is 0.0497. The normalized spacial score (nSPS) is 24.1. The summed E-state index contributed by atoms with van der Waals surface area (Å²) in [4.78, 5) is 20.2. The minimum atomic E-state index is -0.890. The van der Waals surface area contributed by atoms with E-state index in [1.54, 1.807) is 18.2 Å². The molecule has 1 aliphatic carbocycles. The van der Waals surface area contributed by atoms with Crippen molar-refractivity contribution in [3.8, 4) is 0 Å². The highest BCUT2D eigenvalue weighted by atomic mass is 35.5. The van der Waals surface area contributed by atoms with Crippen LogP contribution in [0.15, 0.2) is 30.3 Å². The number of halogens is 3. The molecule has 2 heterocycles. The second-order valence-corrected chi connectivity index (χ2v) is 9.56. The molecule has 3 rings (SSSR count). The molecule has 0 bridgehead atoms. The molecule has 0 radical (unpaired) electrons. The maximum absolute atomic E-state index is 11.0. The van der Waals surface area contributed by atoms with E-state index in [9.17, 15) is 4.79 Å². The zero-order valence-corrected chi connectivity index (χ0v) is 18.5. The summed E-state index contributed by atoms with van der Waals surface area (Å²) in [6.07, 6.45) is 7.24. The monoisotopic (exact) mass is 468 g/mol. The third-order valence-electron chi connectivity index (χ3n) is 5.16. The minimum Gasteiger partial charge on any atom is -0.477 e. The largest absolute Gasteiger partial charge is 0.477 e. The van der Waals surface area contributed by atoms with Crippen LogP contribution in [0.25, 0.3) is 10.9 Å². The fraction of sp³-hybridized carbons (Fsp3) is 0.381. The smallest absolute Gasteiger partial charge is 0.345 e. The molecule has 0 aromatic carbocycles. The summed E-state index contributed by atoms with van der Waals surface area (Å²) in [5.74, 6) is -0.642. The number of pyridine rings is 1. The van der Waals surface area contributed by atoms with Gasteiger partial charge < -0.3 is 9.95 Å². The molecule has 152 valence electrons. The van der Waals surface area contributed by atoms with Gasteiger partial charge in [0.1, 0.15) is 15.2 Å². The summed E-state index contributed by atoms with van der Waals surface area (Å²) < 4.78 is 0. The third-order valence-corrected chi connectivity index (χ3v) is 7.19. The van der Waals surface area contributed by atoms with Crippen molar-refractivity contribution in [1.29, 1.82) is 0 Å². The lowest BCUT2D eigenvalue weighted by Crippen LogP contribution is -2.17. The summed E-state index contributed by atoms with van der Waals surface area (Å²) in [7, 11) is 0. The highest BCUT2D eigenvalue weighted by molar-refractivity contribution is 7.13. The van der Waals surface area contributed by atoms with E-state index < -0.39 is 5.97 Å².